The molecular weight excluding hydrogens is 265 g/mol. The van der Waals surface area contributed by atoms with E-state index in [1.807, 2.05) is 19.2 Å². The van der Waals surface area contributed by atoms with Crippen LogP contribution < -0.4 is 5.32 Å². The number of aromatic hydroxyl groups is 1. The number of nitrogens with one attached hydrogen (secondary N) is 1. The topological polar surface area (TPSA) is 32.3 Å². The molecule has 0 aromatic heterocycles. The van der Waals surface area contributed by atoms with Gasteiger partial charge < -0.3 is 10.4 Å². The second-order valence-corrected chi connectivity index (χ2v) is 3.80. The highest BCUT2D eigenvalue weighted by Crippen LogP contribution is 2.20. The summed E-state index contributed by atoms with van der Waals surface area (Å²) in [5, 5.41) is 12.3. The van der Waals surface area contributed by atoms with Crippen LogP contribution in [0.1, 0.15) is 5.56 Å². The largest absolute Gasteiger partial charge is 0.507 e. The minimum Gasteiger partial charge on any atom is -0.507 e. The third kappa shape index (κ3) is 2.64. The third-order valence-corrected chi connectivity index (χ3v) is 2.54. The van der Waals surface area contributed by atoms with Crippen LogP contribution >= 0.6 is 22.6 Å². The minimum atomic E-state index is 0.365. The molecule has 0 saturated heterocycles. The number of phenols is 1. The van der Waals surface area contributed by atoms with E-state index in [0.717, 1.165) is 16.5 Å². The average molecular weight is 277 g/mol. The molecule has 0 bridgehead atoms. The van der Waals surface area contributed by atoms with Crippen molar-refractivity contribution in [1.29, 1.82) is 0 Å². The molecule has 0 aliphatic heterocycles. The lowest BCUT2D eigenvalue weighted by Crippen LogP contribution is -2.10. The van der Waals surface area contributed by atoms with Crippen LogP contribution in [-0.4, -0.2) is 18.7 Å². The Labute approximate surface area is 86.1 Å². The lowest BCUT2D eigenvalue weighted by molar-refractivity contribution is 0.471. The van der Waals surface area contributed by atoms with Gasteiger partial charge in [0, 0.05) is 0 Å². The van der Waals surface area contributed by atoms with Gasteiger partial charge in [-0.1, -0.05) is 6.07 Å². The summed E-state index contributed by atoms with van der Waals surface area (Å²) in [6.45, 7) is 0.973. The van der Waals surface area contributed by atoms with Gasteiger partial charge in [0.25, 0.3) is 0 Å². The number of hydrogen-bond acceptors (Lipinski definition) is 2. The van der Waals surface area contributed by atoms with Crippen molar-refractivity contribution in [3.63, 3.8) is 0 Å². The van der Waals surface area contributed by atoms with Gasteiger partial charge >= 0.3 is 0 Å². The quantitative estimate of drug-likeness (QED) is 0.825. The molecule has 0 radical (unpaired) electrons. The first-order valence-corrected chi connectivity index (χ1v) is 4.94. The zero-order chi connectivity index (χ0) is 8.97. The fourth-order valence-electron chi connectivity index (χ4n) is 0.975. The lowest BCUT2D eigenvalue weighted by atomic mass is 10.1. The Morgan fingerprint density at radius 3 is 2.83 bits per heavy atom. The maximum Gasteiger partial charge on any atom is 0.128 e. The number of phenolic OH excluding ortho intramolecular Hbond substituents is 1. The summed E-state index contributed by atoms with van der Waals surface area (Å²) in [6, 6.07) is 5.70. The zero-order valence-electron chi connectivity index (χ0n) is 6.97. The molecule has 0 unspecified atom stereocenters. The SMILES string of the molecule is CNCCc1ccc(O)c(I)c1. The van der Waals surface area contributed by atoms with E-state index < -0.39 is 0 Å². The first-order valence-electron chi connectivity index (χ1n) is 3.86. The van der Waals surface area contributed by atoms with E-state index >= 15 is 0 Å². The average Bonchev–Trinajstić information content (AvgIpc) is 2.07. The molecule has 0 aliphatic rings. The van der Waals surface area contributed by atoms with Crippen molar-refractivity contribution in [2.45, 2.75) is 6.42 Å². The van der Waals surface area contributed by atoms with Gasteiger partial charge in [-0.2, -0.15) is 0 Å². The van der Waals surface area contributed by atoms with Crippen molar-refractivity contribution in [2.24, 2.45) is 0 Å². The molecule has 1 aromatic carbocycles. The molecule has 0 amide bonds. The molecule has 0 saturated carbocycles. The number of benzene rings is 1. The van der Waals surface area contributed by atoms with Gasteiger partial charge in [0.05, 0.1) is 3.57 Å². The summed E-state index contributed by atoms with van der Waals surface area (Å²) >= 11 is 2.13. The van der Waals surface area contributed by atoms with Crippen molar-refractivity contribution < 1.29 is 5.11 Å². The Bertz CT molecular complexity index is 263. The fraction of sp³-hybridized carbons (Fsp3) is 0.333. The molecule has 0 heterocycles. The van der Waals surface area contributed by atoms with Crippen molar-refractivity contribution in [3.8, 4) is 5.75 Å². The van der Waals surface area contributed by atoms with Crippen LogP contribution in [0.2, 0.25) is 0 Å². The molecule has 0 aliphatic carbocycles. The van der Waals surface area contributed by atoms with Crippen LogP contribution in [0.15, 0.2) is 18.2 Å². The van der Waals surface area contributed by atoms with Crippen LogP contribution in [0.3, 0.4) is 0 Å². The van der Waals surface area contributed by atoms with Crippen LogP contribution in [0.5, 0.6) is 5.75 Å². The molecule has 1 aromatic rings. The van der Waals surface area contributed by atoms with E-state index in [1.54, 1.807) is 6.07 Å². The molecule has 2 nitrogen and oxygen atoms in total. The Kier molecular flexibility index (Phi) is 3.81. The van der Waals surface area contributed by atoms with Crippen molar-refractivity contribution in [3.05, 3.63) is 27.3 Å². The number of likely N-dealkylation sites (N-methyl/N-ethyl adjacent to an activating group) is 1. The van der Waals surface area contributed by atoms with Crippen molar-refractivity contribution in [2.75, 3.05) is 13.6 Å². The molecular formula is C9H12INO. The summed E-state index contributed by atoms with van der Waals surface area (Å²) in [5.41, 5.74) is 1.26. The fourth-order valence-corrected chi connectivity index (χ4v) is 1.56. The van der Waals surface area contributed by atoms with E-state index in [-0.39, 0.29) is 0 Å². The van der Waals surface area contributed by atoms with Crippen molar-refractivity contribution in [1.82, 2.24) is 5.32 Å². The van der Waals surface area contributed by atoms with Gasteiger partial charge in [-0.25, -0.2) is 0 Å². The predicted molar refractivity (Wildman–Crippen MR) is 58.5 cm³/mol. The monoisotopic (exact) mass is 277 g/mol. The summed E-state index contributed by atoms with van der Waals surface area (Å²) in [5.74, 6) is 0.365. The molecule has 12 heavy (non-hydrogen) atoms. The highest BCUT2D eigenvalue weighted by molar-refractivity contribution is 14.1. The Morgan fingerprint density at radius 2 is 2.25 bits per heavy atom. The smallest absolute Gasteiger partial charge is 0.128 e. The van der Waals surface area contributed by atoms with Gasteiger partial charge in [-0.05, 0) is 60.3 Å². The second kappa shape index (κ2) is 4.67. The zero-order valence-corrected chi connectivity index (χ0v) is 9.13. The van der Waals surface area contributed by atoms with E-state index in [9.17, 15) is 5.11 Å². The molecule has 1 rings (SSSR count). The van der Waals surface area contributed by atoms with Gasteiger partial charge in [0.15, 0.2) is 0 Å². The van der Waals surface area contributed by atoms with Gasteiger partial charge in [0.2, 0.25) is 0 Å². The van der Waals surface area contributed by atoms with Crippen LogP contribution in [0.4, 0.5) is 0 Å². The molecule has 0 atom stereocenters. The van der Waals surface area contributed by atoms with E-state index in [1.165, 1.54) is 5.56 Å². The van der Waals surface area contributed by atoms with Crippen molar-refractivity contribution >= 4 is 22.6 Å². The van der Waals surface area contributed by atoms with Crippen LogP contribution in [0, 0.1) is 3.57 Å². The van der Waals surface area contributed by atoms with Gasteiger partial charge in [-0.15, -0.1) is 0 Å². The van der Waals surface area contributed by atoms with Crippen LogP contribution in [0.25, 0.3) is 0 Å². The predicted octanol–water partition coefficient (Wildman–Crippen LogP) is 1.76. The molecule has 66 valence electrons. The maximum absolute atomic E-state index is 9.25. The third-order valence-electron chi connectivity index (χ3n) is 1.68. The first kappa shape index (κ1) is 9.80. The Balaban J connectivity index is 2.69. The molecule has 0 spiro atoms. The number of hydrogen-bond donors (Lipinski definition) is 2. The summed E-state index contributed by atoms with van der Waals surface area (Å²) < 4.78 is 0.918. The maximum atomic E-state index is 9.25. The van der Waals surface area contributed by atoms with E-state index in [2.05, 4.69) is 27.9 Å². The highest BCUT2D eigenvalue weighted by atomic mass is 127. The molecule has 3 heteroatoms. The lowest BCUT2D eigenvalue weighted by Gasteiger charge is -2.02. The van der Waals surface area contributed by atoms with E-state index in [4.69, 9.17) is 0 Å². The van der Waals surface area contributed by atoms with Gasteiger partial charge in [0.1, 0.15) is 5.75 Å². The normalized spacial score (nSPS) is 10.2. The standard InChI is InChI=1S/C9H12INO/c1-11-5-4-7-2-3-9(12)8(10)6-7/h2-3,6,11-12H,4-5H2,1H3. The van der Waals surface area contributed by atoms with Crippen LogP contribution in [-0.2, 0) is 6.42 Å². The molecule has 2 N–H and O–H groups in total. The second-order valence-electron chi connectivity index (χ2n) is 2.64. The van der Waals surface area contributed by atoms with E-state index in [0.29, 0.717) is 5.75 Å². The first-order chi connectivity index (χ1) is 5.74. The summed E-state index contributed by atoms with van der Waals surface area (Å²) in [6.07, 6.45) is 1.01. The Morgan fingerprint density at radius 1 is 1.50 bits per heavy atom. The summed E-state index contributed by atoms with van der Waals surface area (Å²) in [4.78, 5) is 0. The molecule has 0 fully saturated rings. The highest BCUT2D eigenvalue weighted by Gasteiger charge is 1.98. The van der Waals surface area contributed by atoms with Gasteiger partial charge in [-0.3, -0.25) is 0 Å². The minimum absolute atomic E-state index is 0.365. The Hall–Kier alpha value is -0.290. The number of rotatable bonds is 3. The number of halogens is 1. The summed E-state index contributed by atoms with van der Waals surface area (Å²) in [7, 11) is 1.94.